The molecule has 1 aliphatic rings. The van der Waals surface area contributed by atoms with Gasteiger partial charge in [-0.3, -0.25) is 0 Å². The summed E-state index contributed by atoms with van der Waals surface area (Å²) in [6.07, 6.45) is 6.30. The Morgan fingerprint density at radius 2 is 2.08 bits per heavy atom. The predicted octanol–water partition coefficient (Wildman–Crippen LogP) is 3.07. The number of carbonyl (C=O) groups excluding carboxylic acids is 1. The molecule has 3 N–H and O–H groups in total. The molecule has 1 saturated carbocycles. The molecule has 1 heterocycles. The minimum atomic E-state index is -0.565. The fraction of sp³-hybridized carbons (Fsp3) is 0.333. The molecule has 1 aromatic carbocycles. The van der Waals surface area contributed by atoms with Crippen molar-refractivity contribution in [2.24, 2.45) is 0 Å². The number of hydrogen-bond donors (Lipinski definition) is 2. The number of nitrogens with zero attached hydrogens (tertiary/aromatic N) is 2. The lowest BCUT2D eigenvalue weighted by atomic mass is 10.2. The topological polar surface area (TPSA) is 93.1 Å². The molecule has 0 atom stereocenters. The Hall–Kier alpha value is -2.94. The number of nitrogen functional groups attached to an aromatic ring is 1. The molecule has 3 rings (SSSR count). The van der Waals surface area contributed by atoms with Crippen LogP contribution in [0.15, 0.2) is 30.5 Å². The smallest absolute Gasteiger partial charge is 0.357 e. The van der Waals surface area contributed by atoms with Crippen LogP contribution in [0.2, 0.25) is 0 Å². The zero-order valence-corrected chi connectivity index (χ0v) is 13.6. The summed E-state index contributed by atoms with van der Waals surface area (Å²) in [4.78, 5) is 12.2. The Balaban J connectivity index is 2.09. The molecular formula is C18H20N4O2. The first-order valence-corrected chi connectivity index (χ1v) is 8.01. The summed E-state index contributed by atoms with van der Waals surface area (Å²) >= 11 is 0. The van der Waals surface area contributed by atoms with Crippen molar-refractivity contribution >= 4 is 17.3 Å². The third-order valence-electron chi connectivity index (χ3n) is 4.42. The first-order valence-electron chi connectivity index (χ1n) is 8.01. The quantitative estimate of drug-likeness (QED) is 0.843. The number of aromatic nitrogens is 1. The average molecular weight is 324 g/mol. The van der Waals surface area contributed by atoms with Gasteiger partial charge in [-0.05, 0) is 25.0 Å². The summed E-state index contributed by atoms with van der Waals surface area (Å²) < 4.78 is 6.48. The van der Waals surface area contributed by atoms with E-state index in [9.17, 15) is 10.1 Å². The molecule has 0 amide bonds. The summed E-state index contributed by atoms with van der Waals surface area (Å²) in [6.45, 7) is 0. The summed E-state index contributed by atoms with van der Waals surface area (Å²) in [6, 6.07) is 10.1. The molecule has 2 aromatic rings. The summed E-state index contributed by atoms with van der Waals surface area (Å²) in [5.74, 6) is -0.565. The Labute approximate surface area is 140 Å². The normalized spacial score (nSPS) is 14.3. The molecule has 1 aliphatic carbocycles. The van der Waals surface area contributed by atoms with E-state index in [1.807, 2.05) is 30.3 Å². The Morgan fingerprint density at radius 1 is 1.38 bits per heavy atom. The van der Waals surface area contributed by atoms with Crippen LogP contribution in [-0.2, 0) is 4.74 Å². The van der Waals surface area contributed by atoms with Crippen LogP contribution in [0.3, 0.4) is 0 Å². The highest BCUT2D eigenvalue weighted by Crippen LogP contribution is 2.30. The lowest BCUT2D eigenvalue weighted by Gasteiger charge is -2.18. The Bertz CT molecular complexity index is 798. The van der Waals surface area contributed by atoms with Crippen LogP contribution in [0.5, 0.6) is 0 Å². The molecule has 0 bridgehead atoms. The van der Waals surface area contributed by atoms with Crippen molar-refractivity contribution in [3.05, 3.63) is 41.7 Å². The van der Waals surface area contributed by atoms with E-state index >= 15 is 0 Å². The number of anilines is 2. The first-order chi connectivity index (χ1) is 11.7. The highest BCUT2D eigenvalue weighted by atomic mass is 16.5. The second-order valence-corrected chi connectivity index (χ2v) is 5.92. The van der Waals surface area contributed by atoms with Gasteiger partial charge in [0.2, 0.25) is 0 Å². The van der Waals surface area contributed by atoms with E-state index in [1.165, 1.54) is 20.0 Å². The van der Waals surface area contributed by atoms with Gasteiger partial charge >= 0.3 is 5.97 Å². The fourth-order valence-electron chi connectivity index (χ4n) is 3.20. The van der Waals surface area contributed by atoms with E-state index < -0.39 is 5.97 Å². The first kappa shape index (κ1) is 15.9. The van der Waals surface area contributed by atoms with Crippen molar-refractivity contribution in [1.29, 1.82) is 5.26 Å². The monoisotopic (exact) mass is 324 g/mol. The van der Waals surface area contributed by atoms with E-state index in [1.54, 1.807) is 10.8 Å². The van der Waals surface area contributed by atoms with E-state index in [4.69, 9.17) is 10.5 Å². The van der Waals surface area contributed by atoms with Crippen LogP contribution in [0.4, 0.5) is 11.4 Å². The van der Waals surface area contributed by atoms with E-state index in [0.29, 0.717) is 6.04 Å². The lowest BCUT2D eigenvalue weighted by Crippen LogP contribution is -2.17. The van der Waals surface area contributed by atoms with Gasteiger partial charge in [0.15, 0.2) is 5.69 Å². The molecule has 6 nitrogen and oxygen atoms in total. The van der Waals surface area contributed by atoms with Crippen LogP contribution in [-0.4, -0.2) is 23.7 Å². The van der Waals surface area contributed by atoms with Gasteiger partial charge in [-0.15, -0.1) is 0 Å². The molecule has 1 fully saturated rings. The zero-order valence-electron chi connectivity index (χ0n) is 13.6. The Morgan fingerprint density at radius 3 is 2.75 bits per heavy atom. The van der Waals surface area contributed by atoms with Gasteiger partial charge in [-0.1, -0.05) is 25.0 Å². The number of rotatable bonds is 4. The van der Waals surface area contributed by atoms with Crippen LogP contribution in [0, 0.1) is 11.3 Å². The molecule has 0 radical (unpaired) electrons. The fourth-order valence-corrected chi connectivity index (χ4v) is 3.20. The highest BCUT2D eigenvalue weighted by molar-refractivity contribution is 5.96. The summed E-state index contributed by atoms with van der Waals surface area (Å²) in [5.41, 5.74) is 8.23. The maximum absolute atomic E-state index is 12.2. The summed E-state index contributed by atoms with van der Waals surface area (Å²) in [5, 5.41) is 12.8. The van der Waals surface area contributed by atoms with Gasteiger partial charge in [-0.25, -0.2) is 4.79 Å². The van der Waals surface area contributed by atoms with Gasteiger partial charge in [0.1, 0.15) is 6.07 Å². The number of nitriles is 1. The van der Waals surface area contributed by atoms with Crippen molar-refractivity contribution in [3.63, 3.8) is 0 Å². The van der Waals surface area contributed by atoms with Crippen LogP contribution in [0.1, 0.15) is 41.7 Å². The molecule has 0 aliphatic heterocycles. The maximum atomic E-state index is 12.2. The van der Waals surface area contributed by atoms with Gasteiger partial charge in [-0.2, -0.15) is 5.26 Å². The molecule has 0 spiro atoms. The van der Waals surface area contributed by atoms with Crippen LogP contribution in [0.25, 0.3) is 5.69 Å². The number of ether oxygens (including phenoxy) is 1. The van der Waals surface area contributed by atoms with Crippen molar-refractivity contribution in [2.45, 2.75) is 31.7 Å². The van der Waals surface area contributed by atoms with Crippen molar-refractivity contribution in [2.75, 3.05) is 18.2 Å². The van der Waals surface area contributed by atoms with Gasteiger partial charge in [0.25, 0.3) is 0 Å². The SMILES string of the molecule is COC(=O)c1c(N)c(C#N)cn1-c1ccccc1NC1CCCC1. The molecule has 124 valence electrons. The van der Waals surface area contributed by atoms with E-state index in [-0.39, 0.29) is 16.9 Å². The van der Waals surface area contributed by atoms with Gasteiger partial charge in [0.05, 0.1) is 29.7 Å². The van der Waals surface area contributed by atoms with Crippen LogP contribution < -0.4 is 11.1 Å². The van der Waals surface area contributed by atoms with Crippen molar-refractivity contribution < 1.29 is 9.53 Å². The standard InChI is InChI=1S/C18H20N4O2/c1-24-18(23)17-16(20)12(10-19)11-22(17)15-9-5-4-8-14(15)21-13-6-2-3-7-13/h4-5,8-9,11,13,21H,2-3,6-7,20H2,1H3. The number of benzene rings is 1. The number of hydrogen-bond acceptors (Lipinski definition) is 5. The second-order valence-electron chi connectivity index (χ2n) is 5.92. The number of methoxy groups -OCH3 is 1. The minimum Gasteiger partial charge on any atom is -0.464 e. The van der Waals surface area contributed by atoms with E-state index in [0.717, 1.165) is 24.2 Å². The molecule has 0 saturated heterocycles. The number of nitrogens with two attached hydrogens (primary N) is 1. The molecular weight excluding hydrogens is 304 g/mol. The molecule has 1 aromatic heterocycles. The van der Waals surface area contributed by atoms with Crippen LogP contribution >= 0.6 is 0 Å². The van der Waals surface area contributed by atoms with E-state index in [2.05, 4.69) is 5.32 Å². The number of esters is 1. The average Bonchev–Trinajstić information content (AvgIpc) is 3.22. The summed E-state index contributed by atoms with van der Waals surface area (Å²) in [7, 11) is 1.30. The van der Waals surface area contributed by atoms with Gasteiger partial charge < -0.3 is 20.4 Å². The zero-order chi connectivity index (χ0) is 17.1. The van der Waals surface area contributed by atoms with Crippen molar-refractivity contribution in [1.82, 2.24) is 4.57 Å². The minimum absolute atomic E-state index is 0.139. The molecule has 24 heavy (non-hydrogen) atoms. The highest BCUT2D eigenvalue weighted by Gasteiger charge is 2.23. The van der Waals surface area contributed by atoms with Crippen molar-refractivity contribution in [3.8, 4) is 11.8 Å². The third kappa shape index (κ3) is 2.81. The Kier molecular flexibility index (Phi) is 4.43. The van der Waals surface area contributed by atoms with Gasteiger partial charge in [0, 0.05) is 12.2 Å². The number of carbonyl (C=O) groups is 1. The lowest BCUT2D eigenvalue weighted by molar-refractivity contribution is 0.0593. The second kappa shape index (κ2) is 6.67. The molecule has 0 unspecified atom stereocenters. The maximum Gasteiger partial charge on any atom is 0.357 e. The third-order valence-corrected chi connectivity index (χ3v) is 4.42. The predicted molar refractivity (Wildman–Crippen MR) is 92.1 cm³/mol. The number of para-hydroxylation sites is 2. The number of nitrogens with one attached hydrogen (secondary N) is 1. The molecule has 6 heteroatoms. The largest absolute Gasteiger partial charge is 0.464 e.